The zero-order chi connectivity index (χ0) is 23.6. The van der Waals surface area contributed by atoms with Crippen molar-refractivity contribution in [2.75, 3.05) is 19.9 Å². The van der Waals surface area contributed by atoms with Crippen LogP contribution in [0.5, 0.6) is 5.75 Å². The van der Waals surface area contributed by atoms with Crippen LogP contribution in [0.1, 0.15) is 11.1 Å². The van der Waals surface area contributed by atoms with Gasteiger partial charge in [-0.15, -0.1) is 11.8 Å². The van der Waals surface area contributed by atoms with Crippen LogP contribution < -0.4 is 10.1 Å². The fraction of sp³-hybridized carbons (Fsp3) is 0.231. The number of thioether (sulfide) groups is 1. The maximum absolute atomic E-state index is 13.5. The van der Waals surface area contributed by atoms with E-state index in [1.165, 1.54) is 11.8 Å². The SMILES string of the molecule is CNC(=O)[C@H](Cc1ccccc1)N(Cc1cccc(OC)c1)C(=O)CSc1ccc(Cl)cc1. The van der Waals surface area contributed by atoms with E-state index in [1.807, 2.05) is 66.7 Å². The van der Waals surface area contributed by atoms with Crippen molar-refractivity contribution in [3.05, 3.63) is 95.0 Å². The molecular formula is C26H27ClN2O3S. The highest BCUT2D eigenvalue weighted by molar-refractivity contribution is 8.00. The van der Waals surface area contributed by atoms with E-state index in [9.17, 15) is 9.59 Å². The summed E-state index contributed by atoms with van der Waals surface area (Å²) in [5, 5.41) is 3.38. The molecule has 3 aromatic carbocycles. The van der Waals surface area contributed by atoms with Crippen molar-refractivity contribution in [1.82, 2.24) is 10.2 Å². The van der Waals surface area contributed by atoms with Crippen LogP contribution in [0.15, 0.2) is 83.8 Å². The van der Waals surface area contributed by atoms with Crippen LogP contribution in [0.4, 0.5) is 0 Å². The van der Waals surface area contributed by atoms with E-state index >= 15 is 0 Å². The van der Waals surface area contributed by atoms with Gasteiger partial charge in [0, 0.05) is 29.9 Å². The lowest BCUT2D eigenvalue weighted by Crippen LogP contribution is -2.50. The van der Waals surface area contributed by atoms with Gasteiger partial charge >= 0.3 is 0 Å². The number of halogens is 1. The summed E-state index contributed by atoms with van der Waals surface area (Å²) in [4.78, 5) is 29.0. The smallest absolute Gasteiger partial charge is 0.242 e. The van der Waals surface area contributed by atoms with Crippen molar-refractivity contribution < 1.29 is 14.3 Å². The molecule has 0 aromatic heterocycles. The molecule has 3 aromatic rings. The second-order valence-corrected chi connectivity index (χ2v) is 8.92. The van der Waals surface area contributed by atoms with Gasteiger partial charge in [0.1, 0.15) is 11.8 Å². The van der Waals surface area contributed by atoms with E-state index in [0.717, 1.165) is 16.0 Å². The van der Waals surface area contributed by atoms with Crippen molar-refractivity contribution in [2.45, 2.75) is 23.9 Å². The number of nitrogens with zero attached hydrogens (tertiary/aromatic N) is 1. The lowest BCUT2D eigenvalue weighted by atomic mass is 10.0. The topological polar surface area (TPSA) is 58.6 Å². The number of ether oxygens (including phenoxy) is 1. The standard InChI is InChI=1S/C26H27ClN2O3S/c1-28-26(31)24(16-19-7-4-3-5-8-19)29(17-20-9-6-10-22(15-20)32-2)25(30)18-33-23-13-11-21(27)12-14-23/h3-15,24H,16-18H2,1-2H3,(H,28,31)/t24-/m0/s1. The molecule has 3 rings (SSSR count). The summed E-state index contributed by atoms with van der Waals surface area (Å²) >= 11 is 7.39. The number of hydrogen-bond donors (Lipinski definition) is 1. The summed E-state index contributed by atoms with van der Waals surface area (Å²) in [6, 6.07) is 24.0. The molecule has 1 atom stereocenters. The first-order valence-corrected chi connectivity index (χ1v) is 11.9. The number of hydrogen-bond acceptors (Lipinski definition) is 4. The van der Waals surface area contributed by atoms with E-state index < -0.39 is 6.04 Å². The Balaban J connectivity index is 1.87. The van der Waals surface area contributed by atoms with E-state index in [2.05, 4.69) is 5.32 Å². The van der Waals surface area contributed by atoms with Gasteiger partial charge < -0.3 is 15.0 Å². The van der Waals surface area contributed by atoms with Gasteiger partial charge in [0.05, 0.1) is 12.9 Å². The predicted octanol–water partition coefficient (Wildman–Crippen LogP) is 4.83. The second kappa shape index (κ2) is 12.3. The molecule has 2 amide bonds. The maximum Gasteiger partial charge on any atom is 0.242 e. The number of nitrogens with one attached hydrogen (secondary N) is 1. The maximum atomic E-state index is 13.5. The van der Waals surface area contributed by atoms with Crippen LogP contribution >= 0.6 is 23.4 Å². The third kappa shape index (κ3) is 7.27. The largest absolute Gasteiger partial charge is 0.497 e. The van der Waals surface area contributed by atoms with E-state index in [1.54, 1.807) is 31.2 Å². The van der Waals surface area contributed by atoms with Gasteiger partial charge in [0.25, 0.3) is 0 Å². The molecule has 0 bridgehead atoms. The van der Waals surface area contributed by atoms with Crippen LogP contribution in [-0.2, 0) is 22.6 Å². The summed E-state index contributed by atoms with van der Waals surface area (Å²) in [5.74, 6) is 0.581. The molecule has 0 saturated carbocycles. The molecule has 0 unspecified atom stereocenters. The minimum atomic E-state index is -0.651. The Hall–Kier alpha value is -2.96. The molecule has 0 saturated heterocycles. The van der Waals surface area contributed by atoms with Crippen molar-refractivity contribution in [3.8, 4) is 5.75 Å². The molecule has 0 fully saturated rings. The van der Waals surface area contributed by atoms with Gasteiger partial charge in [-0.05, 0) is 47.5 Å². The molecule has 0 heterocycles. The molecule has 172 valence electrons. The Morgan fingerprint density at radius 2 is 1.70 bits per heavy atom. The summed E-state index contributed by atoms with van der Waals surface area (Å²) in [6.45, 7) is 0.294. The highest BCUT2D eigenvalue weighted by Gasteiger charge is 2.29. The molecule has 0 aliphatic rings. The van der Waals surface area contributed by atoms with Gasteiger partial charge in [-0.25, -0.2) is 0 Å². The van der Waals surface area contributed by atoms with Crippen LogP contribution in [0.3, 0.4) is 0 Å². The Morgan fingerprint density at radius 1 is 1.00 bits per heavy atom. The third-order valence-corrected chi connectivity index (χ3v) is 6.43. The average molecular weight is 483 g/mol. The lowest BCUT2D eigenvalue weighted by molar-refractivity contribution is -0.139. The van der Waals surface area contributed by atoms with Gasteiger partial charge in [-0.3, -0.25) is 9.59 Å². The second-order valence-electron chi connectivity index (χ2n) is 7.44. The van der Waals surface area contributed by atoms with E-state index in [-0.39, 0.29) is 17.6 Å². The van der Waals surface area contributed by atoms with E-state index in [4.69, 9.17) is 16.3 Å². The Bertz CT molecular complexity index is 1060. The fourth-order valence-electron chi connectivity index (χ4n) is 3.45. The Kier molecular flexibility index (Phi) is 9.22. The molecule has 0 aliphatic carbocycles. The summed E-state index contributed by atoms with van der Waals surface area (Å²) in [7, 11) is 3.20. The minimum Gasteiger partial charge on any atom is -0.497 e. The summed E-state index contributed by atoms with van der Waals surface area (Å²) in [6.07, 6.45) is 0.418. The third-order valence-electron chi connectivity index (χ3n) is 5.18. The Morgan fingerprint density at radius 3 is 2.36 bits per heavy atom. The number of carbonyl (C=O) groups excluding carboxylic acids is 2. The van der Waals surface area contributed by atoms with Gasteiger partial charge in [-0.2, -0.15) is 0 Å². The van der Waals surface area contributed by atoms with Crippen LogP contribution in [-0.4, -0.2) is 42.7 Å². The molecule has 33 heavy (non-hydrogen) atoms. The molecule has 5 nitrogen and oxygen atoms in total. The van der Waals surface area contributed by atoms with Gasteiger partial charge in [-0.1, -0.05) is 54.1 Å². The van der Waals surface area contributed by atoms with Crippen molar-refractivity contribution in [1.29, 1.82) is 0 Å². The van der Waals surface area contributed by atoms with Crippen molar-refractivity contribution in [3.63, 3.8) is 0 Å². The van der Waals surface area contributed by atoms with Crippen LogP contribution in [0, 0.1) is 0 Å². The van der Waals surface area contributed by atoms with Gasteiger partial charge in [0.15, 0.2) is 0 Å². The minimum absolute atomic E-state index is 0.123. The fourth-order valence-corrected chi connectivity index (χ4v) is 4.36. The molecule has 0 aliphatic heterocycles. The summed E-state index contributed by atoms with van der Waals surface area (Å²) < 4.78 is 5.34. The monoisotopic (exact) mass is 482 g/mol. The van der Waals surface area contributed by atoms with Crippen LogP contribution in [0.2, 0.25) is 5.02 Å². The number of carbonyl (C=O) groups is 2. The lowest BCUT2D eigenvalue weighted by Gasteiger charge is -2.31. The number of amides is 2. The normalized spacial score (nSPS) is 11.5. The predicted molar refractivity (Wildman–Crippen MR) is 134 cm³/mol. The quantitative estimate of drug-likeness (QED) is 0.420. The zero-order valence-corrected chi connectivity index (χ0v) is 20.2. The number of likely N-dealkylation sites (N-methyl/N-ethyl adjacent to an activating group) is 1. The molecule has 0 spiro atoms. The number of benzene rings is 3. The van der Waals surface area contributed by atoms with Crippen molar-refractivity contribution in [2.24, 2.45) is 0 Å². The first-order valence-electron chi connectivity index (χ1n) is 10.6. The molecule has 1 N–H and O–H groups in total. The molecule has 7 heteroatoms. The Labute approximate surface area is 204 Å². The van der Waals surface area contributed by atoms with Crippen molar-refractivity contribution >= 4 is 35.2 Å². The highest BCUT2D eigenvalue weighted by Crippen LogP contribution is 2.23. The molecule has 0 radical (unpaired) electrons. The number of rotatable bonds is 10. The first kappa shape index (κ1) is 24.7. The molecular weight excluding hydrogens is 456 g/mol. The zero-order valence-electron chi connectivity index (χ0n) is 18.7. The highest BCUT2D eigenvalue weighted by atomic mass is 35.5. The van der Waals surface area contributed by atoms with E-state index in [0.29, 0.717) is 23.7 Å². The first-order chi connectivity index (χ1) is 16.0. The average Bonchev–Trinajstić information content (AvgIpc) is 2.86. The summed E-state index contributed by atoms with van der Waals surface area (Å²) in [5.41, 5.74) is 1.88. The van der Waals surface area contributed by atoms with Gasteiger partial charge in [0.2, 0.25) is 11.8 Å². The number of methoxy groups -OCH3 is 1. The van der Waals surface area contributed by atoms with Crippen LogP contribution in [0.25, 0.3) is 0 Å².